The number of nitrogens with zero attached hydrogens (tertiary/aromatic N) is 1. The van der Waals surface area contributed by atoms with Crippen molar-refractivity contribution >= 4 is 18.0 Å². The molecule has 27 heavy (non-hydrogen) atoms. The summed E-state index contributed by atoms with van der Waals surface area (Å²) in [5.74, 6) is -2.18. The minimum atomic E-state index is -1.21. The van der Waals surface area contributed by atoms with Gasteiger partial charge in [-0.1, -0.05) is 54.6 Å². The Bertz CT molecular complexity index is 919. The molecule has 3 N–H and O–H groups in total. The fraction of sp³-hybridized carbons (Fsp3) is 0.150. The molecule has 138 valence electrons. The number of aliphatic carboxylic acids is 1. The zero-order chi connectivity index (χ0) is 19.2. The molecule has 0 radical (unpaired) electrons. The molecular formula is C20H18N2O5. The van der Waals surface area contributed by atoms with E-state index in [-0.39, 0.29) is 18.1 Å². The molecule has 0 bridgehead atoms. The molecule has 0 unspecified atom stereocenters. The van der Waals surface area contributed by atoms with E-state index in [0.29, 0.717) is 6.42 Å². The van der Waals surface area contributed by atoms with Crippen LogP contribution in [0.5, 0.6) is 0 Å². The first-order valence-electron chi connectivity index (χ1n) is 8.33. The van der Waals surface area contributed by atoms with Crippen molar-refractivity contribution in [2.24, 2.45) is 0 Å². The van der Waals surface area contributed by atoms with Gasteiger partial charge in [-0.2, -0.15) is 4.98 Å². The Hall–Kier alpha value is -3.61. The van der Waals surface area contributed by atoms with Gasteiger partial charge in [0.2, 0.25) is 0 Å². The Morgan fingerprint density at radius 1 is 1.00 bits per heavy atom. The highest BCUT2D eigenvalue weighted by atomic mass is 16.4. The molecule has 0 fully saturated rings. The van der Waals surface area contributed by atoms with Crippen molar-refractivity contribution in [3.8, 4) is 11.1 Å². The highest BCUT2D eigenvalue weighted by molar-refractivity contribution is 5.85. The summed E-state index contributed by atoms with van der Waals surface area (Å²) in [5, 5.41) is 20.9. The molecule has 0 spiro atoms. The summed E-state index contributed by atoms with van der Waals surface area (Å²) in [4.78, 5) is 25.8. The minimum Gasteiger partial charge on any atom is -0.481 e. The number of hydrogen-bond acceptors (Lipinski definition) is 5. The number of nitrogens with one attached hydrogen (secondary N) is 1. The van der Waals surface area contributed by atoms with Crippen molar-refractivity contribution < 1.29 is 24.2 Å². The van der Waals surface area contributed by atoms with E-state index in [1.165, 1.54) is 0 Å². The van der Waals surface area contributed by atoms with Gasteiger partial charge in [-0.05, 0) is 23.1 Å². The fourth-order valence-electron chi connectivity index (χ4n) is 2.75. The average molecular weight is 366 g/mol. The lowest BCUT2D eigenvalue weighted by atomic mass is 9.99. The van der Waals surface area contributed by atoms with Gasteiger partial charge in [0.25, 0.3) is 6.01 Å². The molecule has 1 atom stereocenters. The van der Waals surface area contributed by atoms with Gasteiger partial charge in [-0.25, -0.2) is 4.79 Å². The van der Waals surface area contributed by atoms with E-state index in [1.54, 1.807) is 0 Å². The molecule has 7 heteroatoms. The van der Waals surface area contributed by atoms with Gasteiger partial charge in [0.15, 0.2) is 5.69 Å². The summed E-state index contributed by atoms with van der Waals surface area (Å²) in [6.07, 6.45) is 1.27. The standard InChI is InChI=1S/C20H18N2O5/c23-18(24)11-16(21-20-22-17(12-27-20)19(25)26)10-13-6-8-15(9-7-13)14-4-2-1-3-5-14/h1-9,12,16H,10-11H2,(H,21,22)(H,23,24)(H,25,26)/t16-/m1/s1. The van der Waals surface area contributed by atoms with Crippen LogP contribution >= 0.6 is 0 Å². The molecule has 0 saturated carbocycles. The van der Waals surface area contributed by atoms with Crippen molar-refractivity contribution in [2.45, 2.75) is 18.9 Å². The lowest BCUT2D eigenvalue weighted by Gasteiger charge is -2.16. The average Bonchev–Trinajstić information content (AvgIpc) is 3.11. The quantitative estimate of drug-likeness (QED) is 0.559. The number of aromatic nitrogens is 1. The number of carbonyl (C=O) groups is 2. The van der Waals surface area contributed by atoms with E-state index in [9.17, 15) is 9.59 Å². The van der Waals surface area contributed by atoms with E-state index in [1.807, 2.05) is 54.6 Å². The number of anilines is 1. The Labute approximate surface area is 155 Å². The van der Waals surface area contributed by atoms with Crippen molar-refractivity contribution in [3.63, 3.8) is 0 Å². The number of carboxylic acids is 2. The summed E-state index contributed by atoms with van der Waals surface area (Å²) >= 11 is 0. The van der Waals surface area contributed by atoms with Crippen LogP contribution in [0.25, 0.3) is 11.1 Å². The molecule has 1 aromatic heterocycles. The molecule has 0 aliphatic heterocycles. The third-order valence-corrected chi connectivity index (χ3v) is 4.02. The Kier molecular flexibility index (Phi) is 5.51. The van der Waals surface area contributed by atoms with Crippen LogP contribution in [0, 0.1) is 0 Å². The van der Waals surface area contributed by atoms with E-state index in [0.717, 1.165) is 23.0 Å². The summed E-state index contributed by atoms with van der Waals surface area (Å²) in [5.41, 5.74) is 2.88. The summed E-state index contributed by atoms with van der Waals surface area (Å²) in [6, 6.07) is 17.3. The lowest BCUT2D eigenvalue weighted by Crippen LogP contribution is -2.26. The first-order chi connectivity index (χ1) is 13.0. The topological polar surface area (TPSA) is 113 Å². The van der Waals surface area contributed by atoms with Crippen molar-refractivity contribution in [3.05, 3.63) is 72.1 Å². The predicted octanol–water partition coefficient (Wildman–Crippen LogP) is 3.54. The monoisotopic (exact) mass is 366 g/mol. The van der Waals surface area contributed by atoms with Crippen LogP contribution < -0.4 is 5.32 Å². The van der Waals surface area contributed by atoms with Gasteiger partial charge >= 0.3 is 11.9 Å². The van der Waals surface area contributed by atoms with E-state index < -0.39 is 18.0 Å². The van der Waals surface area contributed by atoms with Gasteiger partial charge in [-0.3, -0.25) is 4.79 Å². The molecule has 7 nitrogen and oxygen atoms in total. The second-order valence-corrected chi connectivity index (χ2v) is 6.05. The van der Waals surface area contributed by atoms with Crippen molar-refractivity contribution in [1.29, 1.82) is 0 Å². The lowest BCUT2D eigenvalue weighted by molar-refractivity contribution is -0.137. The van der Waals surface area contributed by atoms with Gasteiger partial charge in [-0.15, -0.1) is 0 Å². The highest BCUT2D eigenvalue weighted by Crippen LogP contribution is 2.21. The zero-order valence-corrected chi connectivity index (χ0v) is 14.3. The number of rotatable bonds is 8. The van der Waals surface area contributed by atoms with E-state index >= 15 is 0 Å². The van der Waals surface area contributed by atoms with Crippen LogP contribution in [-0.4, -0.2) is 33.2 Å². The maximum atomic E-state index is 11.2. The first-order valence-corrected chi connectivity index (χ1v) is 8.33. The first kappa shape index (κ1) is 18.2. The molecule has 1 heterocycles. The number of carboxylic acid groups (broad SMARTS) is 2. The predicted molar refractivity (Wildman–Crippen MR) is 98.7 cm³/mol. The molecular weight excluding hydrogens is 348 g/mol. The Morgan fingerprint density at radius 3 is 2.26 bits per heavy atom. The summed E-state index contributed by atoms with van der Waals surface area (Å²) < 4.78 is 5.06. The van der Waals surface area contributed by atoms with Crippen LogP contribution in [0.1, 0.15) is 22.5 Å². The number of hydrogen-bond donors (Lipinski definition) is 3. The van der Waals surface area contributed by atoms with Gasteiger partial charge < -0.3 is 19.9 Å². The SMILES string of the molecule is O=C(O)C[C@@H](Cc1ccc(-c2ccccc2)cc1)Nc1nc(C(=O)O)co1. The maximum absolute atomic E-state index is 11.2. The molecule has 0 saturated heterocycles. The number of oxazole rings is 1. The number of benzene rings is 2. The smallest absolute Gasteiger partial charge is 0.357 e. The zero-order valence-electron chi connectivity index (χ0n) is 14.3. The maximum Gasteiger partial charge on any atom is 0.357 e. The normalized spacial score (nSPS) is 11.7. The molecule has 2 aromatic carbocycles. The fourth-order valence-corrected chi connectivity index (χ4v) is 2.75. The van der Waals surface area contributed by atoms with E-state index in [2.05, 4.69) is 10.3 Å². The molecule has 0 amide bonds. The van der Waals surface area contributed by atoms with Crippen LogP contribution in [0.2, 0.25) is 0 Å². The molecule has 3 aromatic rings. The minimum absolute atomic E-state index is 0.0143. The van der Waals surface area contributed by atoms with Crippen LogP contribution in [0.15, 0.2) is 65.3 Å². The van der Waals surface area contributed by atoms with Crippen LogP contribution in [0.4, 0.5) is 6.01 Å². The second-order valence-electron chi connectivity index (χ2n) is 6.05. The van der Waals surface area contributed by atoms with E-state index in [4.69, 9.17) is 14.6 Å². The van der Waals surface area contributed by atoms with Gasteiger partial charge in [0, 0.05) is 6.04 Å². The summed E-state index contributed by atoms with van der Waals surface area (Å²) in [6.45, 7) is 0. The Balaban J connectivity index is 1.71. The van der Waals surface area contributed by atoms with Crippen LogP contribution in [0.3, 0.4) is 0 Å². The third kappa shape index (κ3) is 4.94. The van der Waals surface area contributed by atoms with Gasteiger partial charge in [0.05, 0.1) is 6.42 Å². The number of aromatic carboxylic acids is 1. The summed E-state index contributed by atoms with van der Waals surface area (Å²) in [7, 11) is 0. The highest BCUT2D eigenvalue weighted by Gasteiger charge is 2.18. The molecule has 0 aliphatic rings. The van der Waals surface area contributed by atoms with Gasteiger partial charge in [0.1, 0.15) is 6.26 Å². The van der Waals surface area contributed by atoms with Crippen molar-refractivity contribution in [1.82, 2.24) is 4.98 Å². The largest absolute Gasteiger partial charge is 0.481 e. The van der Waals surface area contributed by atoms with Crippen molar-refractivity contribution in [2.75, 3.05) is 5.32 Å². The second kappa shape index (κ2) is 8.18. The third-order valence-electron chi connectivity index (χ3n) is 4.02. The van der Waals surface area contributed by atoms with Crippen LogP contribution in [-0.2, 0) is 11.2 Å². The Morgan fingerprint density at radius 2 is 1.67 bits per heavy atom. The molecule has 0 aliphatic carbocycles. The molecule has 3 rings (SSSR count).